The lowest BCUT2D eigenvalue weighted by molar-refractivity contribution is 0.177. The molecule has 0 spiro atoms. The van der Waals surface area contributed by atoms with E-state index < -0.39 is 6.10 Å². The zero-order valence-electron chi connectivity index (χ0n) is 10.4. The maximum atomic E-state index is 10.3. The van der Waals surface area contributed by atoms with Gasteiger partial charge in [-0.2, -0.15) is 0 Å². The van der Waals surface area contributed by atoms with Crippen molar-refractivity contribution in [2.45, 2.75) is 25.9 Å². The van der Waals surface area contributed by atoms with E-state index in [1.807, 2.05) is 42.5 Å². The third-order valence-electron chi connectivity index (χ3n) is 3.14. The topological polar surface area (TPSA) is 20.2 Å². The van der Waals surface area contributed by atoms with Gasteiger partial charge in [-0.15, -0.1) is 0 Å². The molecule has 1 N–H and O–H groups in total. The first-order valence-corrected chi connectivity index (χ1v) is 6.59. The molecular formula is C16H17ClO. The Bertz CT molecular complexity index is 505. The SMILES string of the molecule is CCc1ccccc1C(O)Cc1ccc(Cl)cc1. The molecule has 0 aliphatic rings. The Morgan fingerprint density at radius 3 is 2.39 bits per heavy atom. The van der Waals surface area contributed by atoms with Crippen LogP contribution in [0.4, 0.5) is 0 Å². The van der Waals surface area contributed by atoms with E-state index in [0.717, 1.165) is 22.6 Å². The van der Waals surface area contributed by atoms with Crippen molar-refractivity contribution >= 4 is 11.6 Å². The second-order valence-electron chi connectivity index (χ2n) is 4.40. The molecule has 1 nitrogen and oxygen atoms in total. The first-order chi connectivity index (χ1) is 8.70. The Kier molecular flexibility index (Phi) is 4.40. The van der Waals surface area contributed by atoms with Crippen molar-refractivity contribution in [1.29, 1.82) is 0 Å². The predicted molar refractivity (Wildman–Crippen MR) is 75.9 cm³/mol. The van der Waals surface area contributed by atoms with Gasteiger partial charge < -0.3 is 5.11 Å². The molecule has 94 valence electrons. The van der Waals surface area contributed by atoms with Gasteiger partial charge in [0.1, 0.15) is 0 Å². The van der Waals surface area contributed by atoms with E-state index in [1.54, 1.807) is 0 Å². The van der Waals surface area contributed by atoms with Crippen LogP contribution in [0.15, 0.2) is 48.5 Å². The van der Waals surface area contributed by atoms with Crippen LogP contribution in [0.3, 0.4) is 0 Å². The maximum absolute atomic E-state index is 10.3. The van der Waals surface area contributed by atoms with Gasteiger partial charge in [0.2, 0.25) is 0 Å². The lowest BCUT2D eigenvalue weighted by atomic mass is 9.96. The summed E-state index contributed by atoms with van der Waals surface area (Å²) in [6.45, 7) is 2.11. The van der Waals surface area contributed by atoms with Crippen LogP contribution in [-0.4, -0.2) is 5.11 Å². The highest BCUT2D eigenvalue weighted by atomic mass is 35.5. The highest BCUT2D eigenvalue weighted by Crippen LogP contribution is 2.23. The summed E-state index contributed by atoms with van der Waals surface area (Å²) in [5, 5.41) is 11.0. The molecule has 2 aromatic rings. The Morgan fingerprint density at radius 1 is 1.06 bits per heavy atom. The van der Waals surface area contributed by atoms with Gasteiger partial charge in [-0.3, -0.25) is 0 Å². The molecule has 1 atom stereocenters. The predicted octanol–water partition coefficient (Wildman–Crippen LogP) is 4.18. The Balaban J connectivity index is 2.16. The van der Waals surface area contributed by atoms with E-state index in [9.17, 15) is 5.11 Å². The van der Waals surface area contributed by atoms with Crippen molar-refractivity contribution in [3.8, 4) is 0 Å². The van der Waals surface area contributed by atoms with Crippen LogP contribution in [0, 0.1) is 0 Å². The second kappa shape index (κ2) is 6.03. The number of rotatable bonds is 4. The lowest BCUT2D eigenvalue weighted by Crippen LogP contribution is -2.04. The zero-order chi connectivity index (χ0) is 13.0. The fourth-order valence-corrected chi connectivity index (χ4v) is 2.26. The summed E-state index contributed by atoms with van der Waals surface area (Å²) in [5.41, 5.74) is 3.33. The third kappa shape index (κ3) is 3.12. The van der Waals surface area contributed by atoms with Gasteiger partial charge in [-0.25, -0.2) is 0 Å². The number of halogens is 1. The van der Waals surface area contributed by atoms with Gasteiger partial charge in [0, 0.05) is 11.4 Å². The van der Waals surface area contributed by atoms with E-state index >= 15 is 0 Å². The second-order valence-corrected chi connectivity index (χ2v) is 4.84. The number of hydrogen-bond donors (Lipinski definition) is 1. The molecule has 2 heteroatoms. The van der Waals surface area contributed by atoms with Crippen LogP contribution in [0.5, 0.6) is 0 Å². The molecule has 0 amide bonds. The van der Waals surface area contributed by atoms with Crippen LogP contribution in [0.2, 0.25) is 5.02 Å². The minimum atomic E-state index is -0.456. The first kappa shape index (κ1) is 13.1. The highest BCUT2D eigenvalue weighted by molar-refractivity contribution is 6.30. The molecule has 0 saturated heterocycles. The van der Waals surface area contributed by atoms with Gasteiger partial charge in [-0.1, -0.05) is 54.9 Å². The highest BCUT2D eigenvalue weighted by Gasteiger charge is 2.11. The average molecular weight is 261 g/mol. The molecule has 0 radical (unpaired) electrons. The molecule has 2 rings (SSSR count). The van der Waals surface area contributed by atoms with Crippen molar-refractivity contribution in [2.75, 3.05) is 0 Å². The lowest BCUT2D eigenvalue weighted by Gasteiger charge is -2.15. The average Bonchev–Trinajstić information content (AvgIpc) is 2.41. The maximum Gasteiger partial charge on any atom is 0.0833 e. The molecule has 0 heterocycles. The van der Waals surface area contributed by atoms with E-state index in [1.165, 1.54) is 5.56 Å². The van der Waals surface area contributed by atoms with E-state index in [2.05, 4.69) is 13.0 Å². The van der Waals surface area contributed by atoms with Gasteiger partial charge in [0.25, 0.3) is 0 Å². The summed E-state index contributed by atoms with van der Waals surface area (Å²) >= 11 is 5.85. The van der Waals surface area contributed by atoms with Gasteiger partial charge in [0.15, 0.2) is 0 Å². The minimum absolute atomic E-state index is 0.456. The summed E-state index contributed by atoms with van der Waals surface area (Å²) in [5.74, 6) is 0. The summed E-state index contributed by atoms with van der Waals surface area (Å²) < 4.78 is 0. The van der Waals surface area contributed by atoms with Crippen LogP contribution in [0.1, 0.15) is 29.7 Å². The molecule has 1 unspecified atom stereocenters. The normalized spacial score (nSPS) is 12.4. The Morgan fingerprint density at radius 2 is 1.72 bits per heavy atom. The molecule has 0 aliphatic carbocycles. The molecule has 0 bridgehead atoms. The zero-order valence-corrected chi connectivity index (χ0v) is 11.2. The summed E-state index contributed by atoms with van der Waals surface area (Å²) in [6.07, 6.45) is 1.10. The number of aryl methyl sites for hydroxylation is 1. The van der Waals surface area contributed by atoms with E-state index in [0.29, 0.717) is 6.42 Å². The smallest absolute Gasteiger partial charge is 0.0833 e. The van der Waals surface area contributed by atoms with Crippen molar-refractivity contribution in [2.24, 2.45) is 0 Å². The van der Waals surface area contributed by atoms with Crippen LogP contribution < -0.4 is 0 Å². The first-order valence-electron chi connectivity index (χ1n) is 6.21. The molecule has 0 saturated carbocycles. The molecule has 0 fully saturated rings. The molecule has 2 aromatic carbocycles. The van der Waals surface area contributed by atoms with Crippen molar-refractivity contribution in [3.05, 3.63) is 70.2 Å². The quantitative estimate of drug-likeness (QED) is 0.874. The molecule has 0 aliphatic heterocycles. The van der Waals surface area contributed by atoms with Crippen molar-refractivity contribution in [1.82, 2.24) is 0 Å². The van der Waals surface area contributed by atoms with Crippen molar-refractivity contribution in [3.63, 3.8) is 0 Å². The van der Waals surface area contributed by atoms with Gasteiger partial charge in [-0.05, 0) is 35.2 Å². The van der Waals surface area contributed by atoms with Crippen LogP contribution in [-0.2, 0) is 12.8 Å². The van der Waals surface area contributed by atoms with Gasteiger partial charge >= 0.3 is 0 Å². The third-order valence-corrected chi connectivity index (χ3v) is 3.39. The van der Waals surface area contributed by atoms with E-state index in [4.69, 9.17) is 11.6 Å². The molecular weight excluding hydrogens is 244 g/mol. The number of hydrogen-bond acceptors (Lipinski definition) is 1. The van der Waals surface area contributed by atoms with Gasteiger partial charge in [0.05, 0.1) is 6.10 Å². The minimum Gasteiger partial charge on any atom is -0.388 e. The number of benzene rings is 2. The Labute approximate surface area is 113 Å². The van der Waals surface area contributed by atoms with Crippen LogP contribution >= 0.6 is 11.6 Å². The summed E-state index contributed by atoms with van der Waals surface area (Å²) in [4.78, 5) is 0. The standard InChI is InChI=1S/C16H17ClO/c1-2-13-5-3-4-6-15(13)16(18)11-12-7-9-14(17)10-8-12/h3-10,16,18H,2,11H2,1H3. The summed E-state index contributed by atoms with van der Waals surface area (Å²) in [7, 11) is 0. The number of aliphatic hydroxyl groups excluding tert-OH is 1. The monoisotopic (exact) mass is 260 g/mol. The van der Waals surface area contributed by atoms with Crippen molar-refractivity contribution < 1.29 is 5.11 Å². The molecule has 0 aromatic heterocycles. The van der Waals surface area contributed by atoms with E-state index in [-0.39, 0.29) is 0 Å². The number of aliphatic hydroxyl groups is 1. The largest absolute Gasteiger partial charge is 0.388 e. The fourth-order valence-electron chi connectivity index (χ4n) is 2.13. The fraction of sp³-hybridized carbons (Fsp3) is 0.250. The van der Waals surface area contributed by atoms with Crippen LogP contribution in [0.25, 0.3) is 0 Å². The molecule has 18 heavy (non-hydrogen) atoms. The Hall–Kier alpha value is -1.31. The summed E-state index contributed by atoms with van der Waals surface area (Å²) in [6, 6.07) is 15.7.